The van der Waals surface area contributed by atoms with Crippen molar-refractivity contribution in [2.45, 2.75) is 25.7 Å². The predicted octanol–water partition coefficient (Wildman–Crippen LogP) is 3.01. The van der Waals surface area contributed by atoms with Gasteiger partial charge in [0.25, 0.3) is 5.91 Å². The fourth-order valence-electron chi connectivity index (χ4n) is 2.45. The smallest absolute Gasteiger partial charge is 0.321 e. The number of nitrogens with zero attached hydrogens (tertiary/aromatic N) is 1. The summed E-state index contributed by atoms with van der Waals surface area (Å²) in [6.45, 7) is 5.62. The van der Waals surface area contributed by atoms with E-state index in [1.54, 1.807) is 30.3 Å². The van der Waals surface area contributed by atoms with Crippen LogP contribution in [0.3, 0.4) is 0 Å². The van der Waals surface area contributed by atoms with Crippen LogP contribution in [0, 0.1) is 0 Å². The summed E-state index contributed by atoms with van der Waals surface area (Å²) >= 11 is 0. The van der Waals surface area contributed by atoms with Gasteiger partial charge in [0, 0.05) is 30.9 Å². The van der Waals surface area contributed by atoms with E-state index in [2.05, 4.69) is 17.2 Å². The summed E-state index contributed by atoms with van der Waals surface area (Å²) in [6, 6.07) is 6.84. The lowest BCUT2D eigenvalue weighted by Crippen LogP contribution is -2.35. The first-order valence-corrected chi connectivity index (χ1v) is 7.76. The van der Waals surface area contributed by atoms with Crippen LogP contribution in [0.25, 0.3) is 0 Å². The number of urea groups is 1. The number of nitrogens with one attached hydrogen (secondary N) is 2. The lowest BCUT2D eigenvalue weighted by molar-refractivity contribution is 0.0958. The molecule has 1 aromatic carbocycles. The highest BCUT2D eigenvalue weighted by Crippen LogP contribution is 2.13. The Morgan fingerprint density at radius 2 is 1.73 bits per heavy atom. The van der Waals surface area contributed by atoms with Crippen molar-refractivity contribution in [3.05, 3.63) is 42.5 Å². The zero-order valence-corrected chi connectivity index (χ0v) is 12.8. The van der Waals surface area contributed by atoms with Gasteiger partial charge in [-0.2, -0.15) is 0 Å². The normalized spacial score (nSPS) is 14.8. The molecule has 1 saturated heterocycles. The Morgan fingerprint density at radius 3 is 2.32 bits per heavy atom. The van der Waals surface area contributed by atoms with Crippen molar-refractivity contribution in [3.8, 4) is 0 Å². The van der Waals surface area contributed by atoms with Gasteiger partial charge in [0.15, 0.2) is 0 Å². The molecular weight excluding hydrogens is 278 g/mol. The molecule has 1 aliphatic rings. The first-order valence-electron chi connectivity index (χ1n) is 7.76. The quantitative estimate of drug-likeness (QED) is 0.840. The fraction of sp³-hybridized carbons (Fsp3) is 0.412. The summed E-state index contributed by atoms with van der Waals surface area (Å²) in [6.07, 6.45) is 6.15. The van der Waals surface area contributed by atoms with Crippen LogP contribution in [-0.2, 0) is 0 Å². The number of amides is 3. The molecule has 0 bridgehead atoms. The minimum Gasteiger partial charge on any atom is -0.349 e. The third-order valence-electron chi connectivity index (χ3n) is 3.70. The SMILES string of the molecule is C=CCNC(=O)c1ccc(NC(=O)N2CCCCCC2)cc1. The zero-order chi connectivity index (χ0) is 15.8. The molecule has 0 saturated carbocycles. The van der Waals surface area contributed by atoms with Crippen LogP contribution in [-0.4, -0.2) is 36.5 Å². The lowest BCUT2D eigenvalue weighted by Gasteiger charge is -2.20. The average Bonchev–Trinajstić information content (AvgIpc) is 2.82. The van der Waals surface area contributed by atoms with E-state index in [1.807, 2.05) is 4.90 Å². The van der Waals surface area contributed by atoms with E-state index in [1.165, 1.54) is 12.8 Å². The van der Waals surface area contributed by atoms with Gasteiger partial charge in [0.2, 0.25) is 0 Å². The van der Waals surface area contributed by atoms with Gasteiger partial charge in [-0.15, -0.1) is 6.58 Å². The van der Waals surface area contributed by atoms with Gasteiger partial charge in [-0.1, -0.05) is 18.9 Å². The number of carbonyl (C=O) groups is 2. The second-order valence-corrected chi connectivity index (χ2v) is 5.41. The van der Waals surface area contributed by atoms with E-state index in [9.17, 15) is 9.59 Å². The number of likely N-dealkylation sites (tertiary alicyclic amines) is 1. The number of benzene rings is 1. The number of carbonyl (C=O) groups excluding carboxylic acids is 2. The molecule has 1 fully saturated rings. The van der Waals surface area contributed by atoms with Gasteiger partial charge in [-0.05, 0) is 37.1 Å². The molecule has 1 aliphatic heterocycles. The van der Waals surface area contributed by atoms with E-state index in [0.717, 1.165) is 25.9 Å². The van der Waals surface area contributed by atoms with Gasteiger partial charge < -0.3 is 15.5 Å². The van der Waals surface area contributed by atoms with Crippen LogP contribution in [0.5, 0.6) is 0 Å². The van der Waals surface area contributed by atoms with Crippen molar-refractivity contribution in [2.24, 2.45) is 0 Å². The number of anilines is 1. The molecule has 0 aliphatic carbocycles. The first kappa shape index (κ1) is 16.1. The van der Waals surface area contributed by atoms with Crippen molar-refractivity contribution in [1.82, 2.24) is 10.2 Å². The molecule has 0 aromatic heterocycles. The van der Waals surface area contributed by atoms with Crippen LogP contribution < -0.4 is 10.6 Å². The van der Waals surface area contributed by atoms with Gasteiger partial charge in [-0.25, -0.2) is 4.79 Å². The van der Waals surface area contributed by atoms with Gasteiger partial charge >= 0.3 is 6.03 Å². The zero-order valence-electron chi connectivity index (χ0n) is 12.8. The van der Waals surface area contributed by atoms with Crippen LogP contribution >= 0.6 is 0 Å². The van der Waals surface area contributed by atoms with E-state index in [4.69, 9.17) is 0 Å². The third-order valence-corrected chi connectivity index (χ3v) is 3.70. The Balaban J connectivity index is 1.91. The van der Waals surface area contributed by atoms with Crippen molar-refractivity contribution < 1.29 is 9.59 Å². The molecule has 1 heterocycles. The minimum absolute atomic E-state index is 0.0641. The number of rotatable bonds is 4. The predicted molar refractivity (Wildman–Crippen MR) is 88.0 cm³/mol. The molecule has 0 radical (unpaired) electrons. The van der Waals surface area contributed by atoms with Crippen molar-refractivity contribution >= 4 is 17.6 Å². The summed E-state index contributed by atoms with van der Waals surface area (Å²) in [5.41, 5.74) is 1.27. The topological polar surface area (TPSA) is 61.4 Å². The molecule has 22 heavy (non-hydrogen) atoms. The molecule has 5 heteroatoms. The average molecular weight is 301 g/mol. The molecule has 5 nitrogen and oxygen atoms in total. The Bertz CT molecular complexity index is 517. The molecule has 0 unspecified atom stereocenters. The van der Waals surface area contributed by atoms with Crippen molar-refractivity contribution in [3.63, 3.8) is 0 Å². The van der Waals surface area contributed by atoms with Crippen LogP contribution in [0.2, 0.25) is 0 Å². The molecule has 1 aromatic rings. The van der Waals surface area contributed by atoms with Gasteiger partial charge in [0.05, 0.1) is 0 Å². The molecule has 2 N–H and O–H groups in total. The summed E-state index contributed by atoms with van der Waals surface area (Å²) in [4.78, 5) is 25.8. The monoisotopic (exact) mass is 301 g/mol. The molecule has 0 spiro atoms. The van der Waals surface area contributed by atoms with E-state index < -0.39 is 0 Å². The van der Waals surface area contributed by atoms with Crippen LogP contribution in [0.15, 0.2) is 36.9 Å². The maximum atomic E-state index is 12.2. The summed E-state index contributed by atoms with van der Waals surface area (Å²) < 4.78 is 0. The highest BCUT2D eigenvalue weighted by atomic mass is 16.2. The van der Waals surface area contributed by atoms with Crippen LogP contribution in [0.1, 0.15) is 36.0 Å². The largest absolute Gasteiger partial charge is 0.349 e. The van der Waals surface area contributed by atoms with Gasteiger partial charge in [0.1, 0.15) is 0 Å². The molecule has 3 amide bonds. The Morgan fingerprint density at radius 1 is 1.09 bits per heavy atom. The second-order valence-electron chi connectivity index (χ2n) is 5.41. The summed E-state index contributed by atoms with van der Waals surface area (Å²) in [5.74, 6) is -0.148. The fourth-order valence-corrected chi connectivity index (χ4v) is 2.45. The number of hydrogen-bond acceptors (Lipinski definition) is 2. The Labute approximate surface area is 131 Å². The standard InChI is InChI=1S/C17H23N3O2/c1-2-11-18-16(21)14-7-9-15(10-8-14)19-17(22)20-12-5-3-4-6-13-20/h2,7-10H,1,3-6,11-13H2,(H,18,21)(H,19,22). The second kappa shape index (κ2) is 8.22. The first-order chi connectivity index (χ1) is 10.7. The summed E-state index contributed by atoms with van der Waals surface area (Å²) in [7, 11) is 0. The van der Waals surface area contributed by atoms with E-state index in [0.29, 0.717) is 17.8 Å². The van der Waals surface area contributed by atoms with Crippen LogP contribution in [0.4, 0.5) is 10.5 Å². The molecular formula is C17H23N3O2. The van der Waals surface area contributed by atoms with Crippen molar-refractivity contribution in [2.75, 3.05) is 25.0 Å². The highest BCUT2D eigenvalue weighted by molar-refractivity contribution is 5.95. The van der Waals surface area contributed by atoms with Gasteiger partial charge in [-0.3, -0.25) is 4.79 Å². The highest BCUT2D eigenvalue weighted by Gasteiger charge is 2.15. The molecule has 118 valence electrons. The van der Waals surface area contributed by atoms with Crippen molar-refractivity contribution in [1.29, 1.82) is 0 Å². The molecule has 2 rings (SSSR count). The lowest BCUT2D eigenvalue weighted by atomic mass is 10.2. The third kappa shape index (κ3) is 4.62. The maximum absolute atomic E-state index is 12.2. The van der Waals surface area contributed by atoms with E-state index >= 15 is 0 Å². The Hall–Kier alpha value is -2.30. The number of hydrogen-bond donors (Lipinski definition) is 2. The minimum atomic E-state index is -0.148. The Kier molecular flexibility index (Phi) is 6.01. The maximum Gasteiger partial charge on any atom is 0.321 e. The summed E-state index contributed by atoms with van der Waals surface area (Å²) in [5, 5.41) is 5.60. The molecule has 0 atom stereocenters. The van der Waals surface area contributed by atoms with E-state index in [-0.39, 0.29) is 11.9 Å².